The van der Waals surface area contributed by atoms with Crippen molar-refractivity contribution in [3.05, 3.63) is 0 Å². The highest BCUT2D eigenvalue weighted by molar-refractivity contribution is 6.10. The number of carbonyl (C=O) groups is 4. The number of rotatable bonds is 6. The summed E-state index contributed by atoms with van der Waals surface area (Å²) in [4.78, 5) is 47.6. The van der Waals surface area contributed by atoms with Crippen LogP contribution in [-0.2, 0) is 23.9 Å². The van der Waals surface area contributed by atoms with Gasteiger partial charge in [0.05, 0.1) is 13.0 Å². The van der Waals surface area contributed by atoms with Gasteiger partial charge in [-0.2, -0.15) is 0 Å². The fourth-order valence-electron chi connectivity index (χ4n) is 2.20. The number of likely N-dealkylation sites (tertiary alicyclic amines) is 1. The van der Waals surface area contributed by atoms with Gasteiger partial charge in [0.2, 0.25) is 12.3 Å². The lowest BCUT2D eigenvalue weighted by molar-refractivity contribution is -0.160. The molecule has 0 N–H and O–H groups in total. The van der Waals surface area contributed by atoms with Crippen LogP contribution in [-0.4, -0.2) is 71.9 Å². The van der Waals surface area contributed by atoms with Gasteiger partial charge < -0.3 is 4.74 Å². The molecule has 0 spiro atoms. The minimum Gasteiger partial charge on any atom is -0.465 e. The number of nitrogens with zero attached hydrogens (tertiary/aromatic N) is 3. The molecule has 0 radical (unpaired) electrons. The Balaban J connectivity index is 2.95. The predicted octanol–water partition coefficient (Wildman–Crippen LogP) is -0.998. The van der Waals surface area contributed by atoms with Crippen molar-refractivity contribution >= 4 is 24.2 Å². The van der Waals surface area contributed by atoms with Gasteiger partial charge in [-0.3, -0.25) is 29.1 Å². The maximum absolute atomic E-state index is 12.4. The second kappa shape index (κ2) is 6.00. The number of hydrogen-bond acceptors (Lipinski definition) is 6. The monoisotopic (exact) mass is 285 g/mol. The summed E-state index contributed by atoms with van der Waals surface area (Å²) in [7, 11) is 3.18. The minimum absolute atomic E-state index is 0.165. The average molecular weight is 285 g/mol. The molecule has 0 aromatic rings. The second-order valence-corrected chi connectivity index (χ2v) is 4.84. The van der Waals surface area contributed by atoms with Crippen LogP contribution in [0.2, 0.25) is 0 Å². The van der Waals surface area contributed by atoms with Gasteiger partial charge in [-0.1, -0.05) is 0 Å². The number of ether oxygens (including phenoxy) is 1. The maximum Gasteiger partial charge on any atom is 0.326 e. The van der Waals surface area contributed by atoms with E-state index in [2.05, 4.69) is 0 Å². The molecule has 1 atom stereocenters. The Hall–Kier alpha value is -1.96. The van der Waals surface area contributed by atoms with Gasteiger partial charge in [0, 0.05) is 14.1 Å². The van der Waals surface area contributed by atoms with Crippen LogP contribution in [0.3, 0.4) is 0 Å². The Morgan fingerprint density at radius 2 is 2.05 bits per heavy atom. The summed E-state index contributed by atoms with van der Waals surface area (Å²) in [5, 5.41) is 2.56. The minimum atomic E-state index is -1.31. The summed E-state index contributed by atoms with van der Waals surface area (Å²) in [6, 6.07) is 0. The first-order valence-electron chi connectivity index (χ1n) is 6.20. The van der Waals surface area contributed by atoms with E-state index < -0.39 is 29.9 Å². The molecule has 8 heteroatoms. The third kappa shape index (κ3) is 2.79. The third-order valence-corrected chi connectivity index (χ3v) is 3.13. The molecule has 1 fully saturated rings. The Labute approximate surface area is 117 Å². The highest BCUT2D eigenvalue weighted by Gasteiger charge is 2.53. The van der Waals surface area contributed by atoms with E-state index in [-0.39, 0.29) is 13.0 Å². The summed E-state index contributed by atoms with van der Waals surface area (Å²) in [6.45, 7) is 2.87. The number of imide groups is 1. The quantitative estimate of drug-likeness (QED) is 0.269. The summed E-state index contributed by atoms with van der Waals surface area (Å²) >= 11 is 0. The number of hydrazine groups is 1. The van der Waals surface area contributed by atoms with E-state index in [0.717, 1.165) is 9.91 Å². The van der Waals surface area contributed by atoms with E-state index >= 15 is 0 Å². The zero-order valence-electron chi connectivity index (χ0n) is 12.1. The second-order valence-electron chi connectivity index (χ2n) is 4.84. The number of hydrogen-bond donors (Lipinski definition) is 0. The summed E-state index contributed by atoms with van der Waals surface area (Å²) in [6.07, 6.45) is 0.321. The van der Waals surface area contributed by atoms with Gasteiger partial charge in [-0.15, -0.1) is 0 Å². The van der Waals surface area contributed by atoms with E-state index in [4.69, 9.17) is 4.74 Å². The highest BCUT2D eigenvalue weighted by Crippen LogP contribution is 2.29. The summed E-state index contributed by atoms with van der Waals surface area (Å²) < 4.78 is 4.72. The summed E-state index contributed by atoms with van der Waals surface area (Å²) in [5.74, 6) is -1.74. The number of carbonyl (C=O) groups excluding carboxylic acids is 4. The van der Waals surface area contributed by atoms with E-state index in [1.165, 1.54) is 11.9 Å². The predicted molar refractivity (Wildman–Crippen MR) is 68.0 cm³/mol. The SMILES string of the molecule is CCOC(=O)CN1C(=O)CC(C)(N(C=O)N(C)C)C1=O. The smallest absolute Gasteiger partial charge is 0.326 e. The van der Waals surface area contributed by atoms with E-state index in [0.29, 0.717) is 6.41 Å². The van der Waals surface area contributed by atoms with E-state index in [9.17, 15) is 19.2 Å². The molecule has 0 saturated carbocycles. The molecular weight excluding hydrogens is 266 g/mol. The van der Waals surface area contributed by atoms with Crippen LogP contribution in [0.4, 0.5) is 0 Å². The van der Waals surface area contributed by atoms with Gasteiger partial charge in [0.25, 0.3) is 5.91 Å². The lowest BCUT2D eigenvalue weighted by atomic mass is 10.00. The maximum atomic E-state index is 12.4. The topological polar surface area (TPSA) is 87.2 Å². The third-order valence-electron chi connectivity index (χ3n) is 3.13. The van der Waals surface area contributed by atoms with Crippen molar-refractivity contribution in [1.82, 2.24) is 14.9 Å². The van der Waals surface area contributed by atoms with E-state index in [1.54, 1.807) is 21.0 Å². The van der Waals surface area contributed by atoms with Crippen molar-refractivity contribution in [2.45, 2.75) is 25.8 Å². The van der Waals surface area contributed by atoms with Crippen molar-refractivity contribution in [2.75, 3.05) is 27.2 Å². The zero-order chi connectivity index (χ0) is 15.5. The van der Waals surface area contributed by atoms with Crippen molar-refractivity contribution in [1.29, 1.82) is 0 Å². The van der Waals surface area contributed by atoms with Gasteiger partial charge in [-0.05, 0) is 13.8 Å². The molecule has 1 unspecified atom stereocenters. The number of esters is 1. The number of amides is 3. The Morgan fingerprint density at radius 1 is 1.45 bits per heavy atom. The van der Waals surface area contributed by atoms with Crippen LogP contribution in [0.5, 0.6) is 0 Å². The molecule has 1 aliphatic rings. The van der Waals surface area contributed by atoms with Gasteiger partial charge in [0.15, 0.2) is 0 Å². The van der Waals surface area contributed by atoms with Crippen LogP contribution in [0, 0.1) is 0 Å². The first-order valence-corrected chi connectivity index (χ1v) is 6.20. The van der Waals surface area contributed by atoms with Crippen LogP contribution in [0.15, 0.2) is 0 Å². The van der Waals surface area contributed by atoms with Gasteiger partial charge >= 0.3 is 5.97 Å². The van der Waals surface area contributed by atoms with Crippen molar-refractivity contribution in [3.63, 3.8) is 0 Å². The molecule has 1 saturated heterocycles. The lowest BCUT2D eigenvalue weighted by Crippen LogP contribution is -2.57. The van der Waals surface area contributed by atoms with Gasteiger partial charge in [0.1, 0.15) is 12.1 Å². The van der Waals surface area contributed by atoms with E-state index in [1.807, 2.05) is 0 Å². The fourth-order valence-corrected chi connectivity index (χ4v) is 2.20. The molecular formula is C12H19N3O5. The molecule has 8 nitrogen and oxygen atoms in total. The Bertz CT molecular complexity index is 437. The van der Waals surface area contributed by atoms with Crippen molar-refractivity contribution in [3.8, 4) is 0 Å². The first kappa shape index (κ1) is 16.1. The zero-order valence-corrected chi connectivity index (χ0v) is 12.1. The lowest BCUT2D eigenvalue weighted by Gasteiger charge is -2.37. The molecule has 1 rings (SSSR count). The average Bonchev–Trinajstić information content (AvgIpc) is 2.54. The molecule has 0 aliphatic carbocycles. The molecule has 20 heavy (non-hydrogen) atoms. The van der Waals surface area contributed by atoms with Gasteiger partial charge in [-0.25, -0.2) is 5.01 Å². The molecule has 0 aromatic heterocycles. The van der Waals surface area contributed by atoms with Crippen molar-refractivity contribution in [2.24, 2.45) is 0 Å². The van der Waals surface area contributed by atoms with Crippen LogP contribution >= 0.6 is 0 Å². The molecule has 3 amide bonds. The normalized spacial score (nSPS) is 22.4. The Morgan fingerprint density at radius 3 is 2.50 bits per heavy atom. The molecule has 1 aliphatic heterocycles. The standard InChI is InChI=1S/C12H19N3O5/c1-5-20-10(18)7-14-9(17)6-12(2,11(14)19)15(8-16)13(3)4/h8H,5-7H2,1-4H3. The molecule has 0 bridgehead atoms. The first-order chi connectivity index (χ1) is 9.27. The largest absolute Gasteiger partial charge is 0.465 e. The summed E-state index contributed by atoms with van der Waals surface area (Å²) in [5.41, 5.74) is -1.31. The highest BCUT2D eigenvalue weighted by atomic mass is 16.5. The molecule has 0 aromatic carbocycles. The molecule has 112 valence electrons. The van der Waals surface area contributed by atoms with Crippen LogP contribution in [0.1, 0.15) is 20.3 Å². The molecule has 1 heterocycles. The van der Waals surface area contributed by atoms with Crippen LogP contribution < -0.4 is 0 Å². The van der Waals surface area contributed by atoms with Crippen molar-refractivity contribution < 1.29 is 23.9 Å². The Kier molecular flexibility index (Phi) is 4.83. The van der Waals surface area contributed by atoms with Crippen LogP contribution in [0.25, 0.3) is 0 Å². The fraction of sp³-hybridized carbons (Fsp3) is 0.667.